The van der Waals surface area contributed by atoms with Crippen LogP contribution in [0.25, 0.3) is 0 Å². The van der Waals surface area contributed by atoms with Gasteiger partial charge in [0.05, 0.1) is 18.9 Å². The number of pyridine rings is 1. The second-order valence-electron chi connectivity index (χ2n) is 4.60. The van der Waals surface area contributed by atoms with Crippen LogP contribution in [0.5, 0.6) is 5.75 Å². The zero-order valence-corrected chi connectivity index (χ0v) is 11.3. The first-order valence-corrected chi connectivity index (χ1v) is 6.50. The van der Waals surface area contributed by atoms with Crippen LogP contribution in [0.3, 0.4) is 0 Å². The van der Waals surface area contributed by atoms with Crippen LogP contribution in [0.15, 0.2) is 42.7 Å². The fourth-order valence-corrected chi connectivity index (χ4v) is 2.04. The van der Waals surface area contributed by atoms with Crippen molar-refractivity contribution in [1.82, 2.24) is 4.98 Å². The van der Waals surface area contributed by atoms with E-state index in [9.17, 15) is 5.11 Å². The molecule has 0 saturated heterocycles. The molecule has 0 saturated carbocycles. The SMILES string of the molecule is CCOc1cncc(C(O)Cc2cccc(C)c2)c1. The zero-order valence-electron chi connectivity index (χ0n) is 11.3. The smallest absolute Gasteiger partial charge is 0.137 e. The van der Waals surface area contributed by atoms with E-state index >= 15 is 0 Å². The van der Waals surface area contributed by atoms with Gasteiger partial charge in [-0.1, -0.05) is 29.8 Å². The number of aromatic nitrogens is 1. The number of ether oxygens (including phenoxy) is 1. The molecule has 1 aromatic carbocycles. The van der Waals surface area contributed by atoms with Crippen molar-refractivity contribution in [3.05, 3.63) is 59.4 Å². The first kappa shape index (κ1) is 13.6. The highest BCUT2D eigenvalue weighted by Crippen LogP contribution is 2.21. The topological polar surface area (TPSA) is 42.4 Å². The molecule has 2 aromatic rings. The lowest BCUT2D eigenvalue weighted by Crippen LogP contribution is -2.03. The van der Waals surface area contributed by atoms with Gasteiger partial charge in [-0.15, -0.1) is 0 Å². The molecule has 1 N–H and O–H groups in total. The third-order valence-electron chi connectivity index (χ3n) is 2.94. The van der Waals surface area contributed by atoms with Gasteiger partial charge in [0.25, 0.3) is 0 Å². The van der Waals surface area contributed by atoms with Gasteiger partial charge in [0.1, 0.15) is 5.75 Å². The number of nitrogens with zero attached hydrogens (tertiary/aromatic N) is 1. The fourth-order valence-electron chi connectivity index (χ4n) is 2.04. The number of rotatable bonds is 5. The Labute approximate surface area is 113 Å². The van der Waals surface area contributed by atoms with E-state index in [0.29, 0.717) is 18.8 Å². The van der Waals surface area contributed by atoms with Gasteiger partial charge in [0.15, 0.2) is 0 Å². The molecule has 1 aromatic heterocycles. The van der Waals surface area contributed by atoms with Crippen LogP contribution in [0.2, 0.25) is 0 Å². The number of aliphatic hydroxyl groups excluding tert-OH is 1. The standard InChI is InChI=1S/C16H19NO2/c1-3-19-15-9-14(10-17-11-15)16(18)8-13-6-4-5-12(2)7-13/h4-7,9-11,16,18H,3,8H2,1-2H3. The Morgan fingerprint density at radius 3 is 2.84 bits per heavy atom. The summed E-state index contributed by atoms with van der Waals surface area (Å²) in [5, 5.41) is 10.3. The number of benzene rings is 1. The van der Waals surface area contributed by atoms with Crippen molar-refractivity contribution in [3.8, 4) is 5.75 Å². The molecule has 3 heteroatoms. The van der Waals surface area contributed by atoms with Crippen LogP contribution in [0.4, 0.5) is 0 Å². The Kier molecular flexibility index (Phi) is 4.53. The van der Waals surface area contributed by atoms with E-state index in [0.717, 1.165) is 11.1 Å². The maximum atomic E-state index is 10.3. The summed E-state index contributed by atoms with van der Waals surface area (Å²) in [4.78, 5) is 4.10. The number of aliphatic hydroxyl groups is 1. The van der Waals surface area contributed by atoms with Crippen LogP contribution in [-0.2, 0) is 6.42 Å². The molecular formula is C16H19NO2. The highest BCUT2D eigenvalue weighted by Gasteiger charge is 2.10. The third-order valence-corrected chi connectivity index (χ3v) is 2.94. The molecule has 0 aliphatic heterocycles. The normalized spacial score (nSPS) is 12.2. The minimum atomic E-state index is -0.560. The molecule has 1 atom stereocenters. The fraction of sp³-hybridized carbons (Fsp3) is 0.312. The first-order valence-electron chi connectivity index (χ1n) is 6.50. The average Bonchev–Trinajstić information content (AvgIpc) is 2.39. The summed E-state index contributed by atoms with van der Waals surface area (Å²) < 4.78 is 5.39. The molecule has 0 radical (unpaired) electrons. The van der Waals surface area contributed by atoms with Crippen molar-refractivity contribution in [2.45, 2.75) is 26.4 Å². The number of hydrogen-bond donors (Lipinski definition) is 1. The molecule has 0 aliphatic rings. The minimum Gasteiger partial charge on any atom is -0.492 e. The van der Waals surface area contributed by atoms with Gasteiger partial charge in [-0.2, -0.15) is 0 Å². The Hall–Kier alpha value is -1.87. The van der Waals surface area contributed by atoms with Crippen LogP contribution in [0, 0.1) is 6.92 Å². The molecule has 1 heterocycles. The Balaban J connectivity index is 2.11. The lowest BCUT2D eigenvalue weighted by Gasteiger charge is -2.12. The molecule has 1 unspecified atom stereocenters. The first-order chi connectivity index (χ1) is 9.19. The number of hydrogen-bond acceptors (Lipinski definition) is 3. The molecular weight excluding hydrogens is 238 g/mol. The second-order valence-corrected chi connectivity index (χ2v) is 4.60. The molecule has 19 heavy (non-hydrogen) atoms. The average molecular weight is 257 g/mol. The van der Waals surface area contributed by atoms with Gasteiger partial charge < -0.3 is 9.84 Å². The Morgan fingerprint density at radius 1 is 1.26 bits per heavy atom. The van der Waals surface area contributed by atoms with Crippen LogP contribution in [0.1, 0.15) is 29.7 Å². The Bertz CT molecular complexity index is 540. The van der Waals surface area contributed by atoms with E-state index in [1.807, 2.05) is 38.1 Å². The molecule has 100 valence electrons. The molecule has 0 aliphatic carbocycles. The van der Waals surface area contributed by atoms with Crippen LogP contribution in [-0.4, -0.2) is 16.7 Å². The minimum absolute atomic E-state index is 0.560. The Morgan fingerprint density at radius 2 is 2.11 bits per heavy atom. The predicted molar refractivity (Wildman–Crippen MR) is 75.2 cm³/mol. The summed E-state index contributed by atoms with van der Waals surface area (Å²) in [6.45, 7) is 4.57. The van der Waals surface area contributed by atoms with Crippen LogP contribution < -0.4 is 4.74 Å². The largest absolute Gasteiger partial charge is 0.492 e. The summed E-state index contributed by atoms with van der Waals surface area (Å²) in [5.41, 5.74) is 3.10. The van der Waals surface area contributed by atoms with Gasteiger partial charge in [-0.25, -0.2) is 0 Å². The molecule has 0 fully saturated rings. The maximum absolute atomic E-state index is 10.3. The number of aryl methyl sites for hydroxylation is 1. The van der Waals surface area contributed by atoms with Crippen molar-refractivity contribution >= 4 is 0 Å². The lowest BCUT2D eigenvalue weighted by atomic mass is 10.0. The van der Waals surface area contributed by atoms with E-state index in [-0.39, 0.29) is 0 Å². The monoisotopic (exact) mass is 257 g/mol. The second kappa shape index (κ2) is 6.34. The van der Waals surface area contributed by atoms with Crippen molar-refractivity contribution in [1.29, 1.82) is 0 Å². The van der Waals surface area contributed by atoms with Crippen molar-refractivity contribution in [3.63, 3.8) is 0 Å². The van der Waals surface area contributed by atoms with E-state index in [4.69, 9.17) is 4.74 Å². The molecule has 2 rings (SSSR count). The van der Waals surface area contributed by atoms with Gasteiger partial charge in [-0.05, 0) is 25.5 Å². The molecule has 0 spiro atoms. The summed E-state index contributed by atoms with van der Waals surface area (Å²) in [7, 11) is 0. The van der Waals surface area contributed by atoms with Gasteiger partial charge in [0, 0.05) is 18.2 Å². The van der Waals surface area contributed by atoms with Crippen LogP contribution >= 0.6 is 0 Å². The summed E-state index contributed by atoms with van der Waals surface area (Å²) >= 11 is 0. The van der Waals surface area contributed by atoms with Gasteiger partial charge in [-0.3, -0.25) is 4.98 Å². The van der Waals surface area contributed by atoms with Gasteiger partial charge >= 0.3 is 0 Å². The molecule has 3 nitrogen and oxygen atoms in total. The highest BCUT2D eigenvalue weighted by atomic mass is 16.5. The molecule has 0 bridgehead atoms. The predicted octanol–water partition coefficient (Wildman–Crippen LogP) is 3.06. The molecule has 0 amide bonds. The van der Waals surface area contributed by atoms with Crippen molar-refractivity contribution in [2.24, 2.45) is 0 Å². The zero-order chi connectivity index (χ0) is 13.7. The van der Waals surface area contributed by atoms with E-state index < -0.39 is 6.10 Å². The van der Waals surface area contributed by atoms with Crippen molar-refractivity contribution < 1.29 is 9.84 Å². The van der Waals surface area contributed by atoms with Crippen molar-refractivity contribution in [2.75, 3.05) is 6.61 Å². The summed E-state index contributed by atoms with van der Waals surface area (Å²) in [6.07, 6.45) is 3.36. The summed E-state index contributed by atoms with van der Waals surface area (Å²) in [5.74, 6) is 0.697. The third kappa shape index (κ3) is 3.80. The van der Waals surface area contributed by atoms with Gasteiger partial charge in [0.2, 0.25) is 0 Å². The lowest BCUT2D eigenvalue weighted by molar-refractivity contribution is 0.177. The maximum Gasteiger partial charge on any atom is 0.137 e. The highest BCUT2D eigenvalue weighted by molar-refractivity contribution is 5.28. The van der Waals surface area contributed by atoms with E-state index in [2.05, 4.69) is 11.1 Å². The summed E-state index contributed by atoms with van der Waals surface area (Å²) in [6, 6.07) is 10.0. The quantitative estimate of drug-likeness (QED) is 0.895. The van der Waals surface area contributed by atoms with E-state index in [1.165, 1.54) is 5.56 Å². The van der Waals surface area contributed by atoms with E-state index in [1.54, 1.807) is 12.4 Å².